The first-order valence-corrected chi connectivity index (χ1v) is 5.65. The standard InChI is InChI=1S/C12H13FN2O4/c1-18-11(16)14-6-10-7-15(12(17)19-10)9-4-2-3-8(13)5-9/h2-5,10H,6-7H2,1H3,(H,14,16). The van der Waals surface area contributed by atoms with Crippen LogP contribution in [0.25, 0.3) is 0 Å². The summed E-state index contributed by atoms with van der Waals surface area (Å²) in [6.07, 6.45) is -1.66. The first-order valence-electron chi connectivity index (χ1n) is 5.65. The summed E-state index contributed by atoms with van der Waals surface area (Å²) in [6, 6.07) is 5.66. The van der Waals surface area contributed by atoms with Crippen molar-refractivity contribution in [2.45, 2.75) is 6.10 Å². The van der Waals surface area contributed by atoms with E-state index in [0.717, 1.165) is 0 Å². The zero-order valence-electron chi connectivity index (χ0n) is 10.3. The summed E-state index contributed by atoms with van der Waals surface area (Å²) in [5, 5.41) is 2.44. The quantitative estimate of drug-likeness (QED) is 0.902. The first-order chi connectivity index (χ1) is 9.10. The summed E-state index contributed by atoms with van der Waals surface area (Å²) in [6.45, 7) is 0.385. The highest BCUT2D eigenvalue weighted by Gasteiger charge is 2.32. The number of hydrogen-bond donors (Lipinski definition) is 1. The number of rotatable bonds is 3. The fraction of sp³-hybridized carbons (Fsp3) is 0.333. The number of halogens is 1. The Labute approximate surface area is 109 Å². The number of ether oxygens (including phenoxy) is 2. The van der Waals surface area contributed by atoms with Crippen molar-refractivity contribution in [3.63, 3.8) is 0 Å². The average Bonchev–Trinajstić information content (AvgIpc) is 2.77. The van der Waals surface area contributed by atoms with Crippen molar-refractivity contribution in [1.29, 1.82) is 0 Å². The molecule has 19 heavy (non-hydrogen) atoms. The summed E-state index contributed by atoms with van der Waals surface area (Å²) in [5.74, 6) is -0.429. The Balaban J connectivity index is 1.98. The largest absolute Gasteiger partial charge is 0.453 e. The zero-order valence-corrected chi connectivity index (χ0v) is 10.3. The number of hydrogen-bond acceptors (Lipinski definition) is 4. The lowest BCUT2D eigenvalue weighted by molar-refractivity contribution is 0.132. The molecule has 0 bridgehead atoms. The molecule has 1 fully saturated rings. The maximum atomic E-state index is 13.1. The molecule has 1 unspecified atom stereocenters. The van der Waals surface area contributed by atoms with Crippen LogP contribution in [0.5, 0.6) is 0 Å². The number of carbonyl (C=O) groups is 2. The van der Waals surface area contributed by atoms with Crippen molar-refractivity contribution < 1.29 is 23.5 Å². The lowest BCUT2D eigenvalue weighted by Gasteiger charge is -2.12. The molecule has 0 aliphatic carbocycles. The highest BCUT2D eigenvalue weighted by Crippen LogP contribution is 2.21. The molecule has 0 saturated carbocycles. The highest BCUT2D eigenvalue weighted by atomic mass is 19.1. The number of amides is 2. The second-order valence-corrected chi connectivity index (χ2v) is 3.97. The normalized spacial score (nSPS) is 18.1. The maximum Gasteiger partial charge on any atom is 0.414 e. The molecular weight excluding hydrogens is 255 g/mol. The monoisotopic (exact) mass is 268 g/mol. The maximum absolute atomic E-state index is 13.1. The van der Waals surface area contributed by atoms with Gasteiger partial charge in [-0.15, -0.1) is 0 Å². The van der Waals surface area contributed by atoms with Crippen LogP contribution in [0.15, 0.2) is 24.3 Å². The van der Waals surface area contributed by atoms with Gasteiger partial charge in [0.1, 0.15) is 11.9 Å². The van der Waals surface area contributed by atoms with Crippen LogP contribution in [0.1, 0.15) is 0 Å². The average molecular weight is 268 g/mol. The van der Waals surface area contributed by atoms with Gasteiger partial charge in [0.05, 0.1) is 25.9 Å². The molecule has 1 aliphatic rings. The Hall–Kier alpha value is -2.31. The SMILES string of the molecule is COC(=O)NCC1CN(c2cccc(F)c2)C(=O)O1. The molecule has 2 rings (SSSR count). The second-order valence-electron chi connectivity index (χ2n) is 3.97. The highest BCUT2D eigenvalue weighted by molar-refractivity contribution is 5.89. The predicted molar refractivity (Wildman–Crippen MR) is 64.4 cm³/mol. The van der Waals surface area contributed by atoms with Crippen LogP contribution in [0, 0.1) is 5.82 Å². The van der Waals surface area contributed by atoms with Gasteiger partial charge in [0, 0.05) is 0 Å². The Morgan fingerprint density at radius 2 is 2.42 bits per heavy atom. The van der Waals surface area contributed by atoms with Gasteiger partial charge < -0.3 is 14.8 Å². The molecule has 1 N–H and O–H groups in total. The summed E-state index contributed by atoms with van der Waals surface area (Å²) >= 11 is 0. The van der Waals surface area contributed by atoms with Crippen molar-refractivity contribution in [3.8, 4) is 0 Å². The number of carbonyl (C=O) groups excluding carboxylic acids is 2. The van der Waals surface area contributed by atoms with E-state index >= 15 is 0 Å². The van der Waals surface area contributed by atoms with Gasteiger partial charge in [-0.05, 0) is 18.2 Å². The minimum absolute atomic E-state index is 0.143. The van der Waals surface area contributed by atoms with Crippen molar-refractivity contribution >= 4 is 17.9 Å². The van der Waals surface area contributed by atoms with Crippen molar-refractivity contribution in [1.82, 2.24) is 5.32 Å². The molecule has 0 radical (unpaired) electrons. The Kier molecular flexibility index (Phi) is 3.84. The third kappa shape index (κ3) is 3.12. The van der Waals surface area contributed by atoms with E-state index in [1.54, 1.807) is 6.07 Å². The molecule has 1 aromatic carbocycles. The molecule has 2 amide bonds. The molecule has 1 aromatic rings. The van der Waals surface area contributed by atoms with E-state index in [1.807, 2.05) is 0 Å². The van der Waals surface area contributed by atoms with Crippen LogP contribution in [-0.2, 0) is 9.47 Å². The molecule has 1 atom stereocenters. The Bertz CT molecular complexity index is 494. The number of alkyl carbamates (subject to hydrolysis) is 1. The Morgan fingerprint density at radius 1 is 1.63 bits per heavy atom. The van der Waals surface area contributed by atoms with E-state index < -0.39 is 24.1 Å². The minimum atomic E-state index is -0.597. The number of cyclic esters (lactones) is 1. The molecule has 1 aliphatic heterocycles. The minimum Gasteiger partial charge on any atom is -0.453 e. The van der Waals surface area contributed by atoms with E-state index in [1.165, 1.54) is 30.2 Å². The van der Waals surface area contributed by atoms with E-state index in [4.69, 9.17) is 4.74 Å². The molecule has 1 heterocycles. The van der Waals surface area contributed by atoms with Crippen LogP contribution in [-0.4, -0.2) is 38.5 Å². The summed E-state index contributed by atoms with van der Waals surface area (Å²) in [7, 11) is 1.25. The summed E-state index contributed by atoms with van der Waals surface area (Å²) < 4.78 is 22.6. The molecule has 7 heteroatoms. The van der Waals surface area contributed by atoms with Gasteiger partial charge in [-0.3, -0.25) is 4.90 Å². The molecule has 102 valence electrons. The van der Waals surface area contributed by atoms with Crippen LogP contribution >= 0.6 is 0 Å². The molecular formula is C12H13FN2O4. The van der Waals surface area contributed by atoms with Gasteiger partial charge in [0.2, 0.25) is 0 Å². The number of benzene rings is 1. The van der Waals surface area contributed by atoms with Gasteiger partial charge >= 0.3 is 12.2 Å². The van der Waals surface area contributed by atoms with E-state index in [-0.39, 0.29) is 13.1 Å². The van der Waals surface area contributed by atoms with E-state index in [9.17, 15) is 14.0 Å². The van der Waals surface area contributed by atoms with Crippen LogP contribution < -0.4 is 10.2 Å². The Morgan fingerprint density at radius 3 is 3.11 bits per heavy atom. The lowest BCUT2D eigenvalue weighted by atomic mass is 10.2. The van der Waals surface area contributed by atoms with E-state index in [0.29, 0.717) is 5.69 Å². The number of anilines is 1. The van der Waals surface area contributed by atoms with Crippen molar-refractivity contribution in [3.05, 3.63) is 30.1 Å². The number of nitrogens with one attached hydrogen (secondary N) is 1. The summed E-state index contributed by atoms with van der Waals surface area (Å²) in [5.41, 5.74) is 0.422. The van der Waals surface area contributed by atoms with Gasteiger partial charge in [-0.1, -0.05) is 6.07 Å². The van der Waals surface area contributed by atoms with Crippen LogP contribution in [0.2, 0.25) is 0 Å². The van der Waals surface area contributed by atoms with Gasteiger partial charge in [-0.25, -0.2) is 14.0 Å². The third-order valence-corrected chi connectivity index (χ3v) is 2.65. The number of methoxy groups -OCH3 is 1. The topological polar surface area (TPSA) is 67.9 Å². The summed E-state index contributed by atoms with van der Waals surface area (Å²) in [4.78, 5) is 23.9. The lowest BCUT2D eigenvalue weighted by Crippen LogP contribution is -2.34. The molecule has 0 aromatic heterocycles. The van der Waals surface area contributed by atoms with Gasteiger partial charge in [-0.2, -0.15) is 0 Å². The zero-order chi connectivity index (χ0) is 13.8. The molecule has 6 nitrogen and oxygen atoms in total. The second kappa shape index (κ2) is 5.55. The van der Waals surface area contributed by atoms with Crippen molar-refractivity contribution in [2.75, 3.05) is 25.1 Å². The van der Waals surface area contributed by atoms with Crippen LogP contribution in [0.4, 0.5) is 19.7 Å². The van der Waals surface area contributed by atoms with Crippen molar-refractivity contribution in [2.24, 2.45) is 0 Å². The van der Waals surface area contributed by atoms with Crippen LogP contribution in [0.3, 0.4) is 0 Å². The smallest absolute Gasteiger partial charge is 0.414 e. The first kappa shape index (κ1) is 13.1. The van der Waals surface area contributed by atoms with Gasteiger partial charge in [0.15, 0.2) is 0 Å². The third-order valence-electron chi connectivity index (χ3n) is 2.65. The van der Waals surface area contributed by atoms with E-state index in [2.05, 4.69) is 10.1 Å². The fourth-order valence-corrected chi connectivity index (χ4v) is 1.75. The van der Waals surface area contributed by atoms with Gasteiger partial charge in [0.25, 0.3) is 0 Å². The molecule has 1 saturated heterocycles. The predicted octanol–water partition coefficient (Wildman–Crippen LogP) is 1.51. The number of nitrogens with zero attached hydrogens (tertiary/aromatic N) is 1. The fourth-order valence-electron chi connectivity index (χ4n) is 1.75. The molecule has 0 spiro atoms.